The molecule has 3 atom stereocenters. The number of benzene rings is 1. The van der Waals surface area contributed by atoms with E-state index < -0.39 is 47.7 Å². The molecule has 1 aliphatic rings. The molecule has 0 unspecified atom stereocenters. The third-order valence-electron chi connectivity index (χ3n) is 8.03. The number of nitrogens with zero attached hydrogens (tertiary/aromatic N) is 3. The fraction of sp³-hybridized carbons (Fsp3) is 0.500. The summed E-state index contributed by atoms with van der Waals surface area (Å²) in [6.45, 7) is 3.55. The van der Waals surface area contributed by atoms with Gasteiger partial charge in [0.05, 0.1) is 0 Å². The Morgan fingerprint density at radius 1 is 0.958 bits per heavy atom. The van der Waals surface area contributed by atoms with Crippen molar-refractivity contribution in [1.82, 2.24) is 31.1 Å². The zero-order valence-electron chi connectivity index (χ0n) is 27.5. The Labute approximate surface area is 279 Å². The number of aliphatic imine (C=N–C) groups is 1. The van der Waals surface area contributed by atoms with Gasteiger partial charge in [-0.3, -0.25) is 39.4 Å². The van der Waals surface area contributed by atoms with Crippen LogP contribution in [0.1, 0.15) is 87.8 Å². The van der Waals surface area contributed by atoms with Crippen molar-refractivity contribution in [3.8, 4) is 0 Å². The van der Waals surface area contributed by atoms with Gasteiger partial charge in [0.2, 0.25) is 29.5 Å². The zero-order valence-corrected chi connectivity index (χ0v) is 27.5. The topological polar surface area (TPSA) is 265 Å². The number of guanidine groups is 1. The molecule has 0 saturated heterocycles. The SMILES string of the molecule is CC[C@H](NC(=O)[C@H](CCCN=C(N)N)NC(=O)[C@H](CC1CCCCC1)NC(=O)c1nc(NC(=O)/C(C)=C/c2ccccc2)n[nH]1)C(N)=O. The van der Waals surface area contributed by atoms with Crippen LogP contribution in [-0.2, 0) is 19.2 Å². The van der Waals surface area contributed by atoms with Gasteiger partial charge < -0.3 is 33.2 Å². The molecule has 1 saturated carbocycles. The molecule has 1 heterocycles. The molecule has 5 amide bonds. The number of nitrogens with two attached hydrogens (primary N) is 3. The average molecular weight is 666 g/mol. The molecular formula is C32H47N11O5. The van der Waals surface area contributed by atoms with Gasteiger partial charge in [-0.2, -0.15) is 4.98 Å². The lowest BCUT2D eigenvalue weighted by atomic mass is 9.84. The van der Waals surface area contributed by atoms with Crippen molar-refractivity contribution < 1.29 is 24.0 Å². The summed E-state index contributed by atoms with van der Waals surface area (Å²) in [4.78, 5) is 72.8. The molecule has 0 radical (unpaired) electrons. The summed E-state index contributed by atoms with van der Waals surface area (Å²) >= 11 is 0. The Hall–Kier alpha value is -5.28. The molecular weight excluding hydrogens is 618 g/mol. The van der Waals surface area contributed by atoms with Crippen molar-refractivity contribution in [2.45, 2.75) is 89.8 Å². The number of nitrogens with one attached hydrogen (secondary N) is 5. The molecule has 1 aliphatic carbocycles. The van der Waals surface area contributed by atoms with E-state index in [-0.39, 0.29) is 43.0 Å². The fourth-order valence-corrected chi connectivity index (χ4v) is 5.39. The summed E-state index contributed by atoms with van der Waals surface area (Å²) in [6, 6.07) is 6.29. The number of H-pyrrole nitrogens is 1. The highest BCUT2D eigenvalue weighted by atomic mass is 16.2. The van der Waals surface area contributed by atoms with Gasteiger partial charge in [-0.15, -0.1) is 5.10 Å². The number of anilines is 1. The second-order valence-electron chi connectivity index (χ2n) is 11.8. The van der Waals surface area contributed by atoms with E-state index in [9.17, 15) is 24.0 Å². The van der Waals surface area contributed by atoms with Crippen LogP contribution in [-0.4, -0.2) is 75.3 Å². The average Bonchev–Trinajstić information content (AvgIpc) is 3.53. The van der Waals surface area contributed by atoms with E-state index in [1.165, 1.54) is 0 Å². The molecule has 48 heavy (non-hydrogen) atoms. The first-order valence-electron chi connectivity index (χ1n) is 16.2. The molecule has 1 aromatic heterocycles. The molecule has 0 aliphatic heterocycles. The van der Waals surface area contributed by atoms with E-state index in [0.717, 1.165) is 37.7 Å². The summed E-state index contributed by atoms with van der Waals surface area (Å²) < 4.78 is 0. The van der Waals surface area contributed by atoms with Crippen LogP contribution < -0.4 is 38.5 Å². The normalized spacial score (nSPS) is 15.3. The first kappa shape index (κ1) is 37.2. The van der Waals surface area contributed by atoms with Crippen LogP contribution in [0.15, 0.2) is 40.9 Å². The van der Waals surface area contributed by atoms with E-state index in [2.05, 4.69) is 41.4 Å². The molecule has 1 aromatic carbocycles. The Morgan fingerprint density at radius 3 is 2.27 bits per heavy atom. The molecule has 3 rings (SSSR count). The minimum Gasteiger partial charge on any atom is -0.370 e. The first-order chi connectivity index (χ1) is 23.0. The molecule has 260 valence electrons. The third kappa shape index (κ3) is 12.1. The number of aromatic nitrogens is 3. The van der Waals surface area contributed by atoms with Gasteiger partial charge in [0.25, 0.3) is 11.8 Å². The molecule has 16 nitrogen and oxygen atoms in total. The molecule has 0 spiro atoms. The van der Waals surface area contributed by atoms with E-state index in [1.807, 2.05) is 30.3 Å². The van der Waals surface area contributed by atoms with E-state index in [0.29, 0.717) is 18.4 Å². The molecule has 1 fully saturated rings. The minimum absolute atomic E-state index is 0.107. The summed E-state index contributed by atoms with van der Waals surface area (Å²) in [5.41, 5.74) is 17.5. The largest absolute Gasteiger partial charge is 0.370 e. The Morgan fingerprint density at radius 2 is 1.62 bits per heavy atom. The van der Waals surface area contributed by atoms with E-state index in [1.54, 1.807) is 19.9 Å². The minimum atomic E-state index is -1.06. The fourth-order valence-electron chi connectivity index (χ4n) is 5.39. The number of carbonyl (C=O) groups excluding carboxylic acids is 5. The van der Waals surface area contributed by atoms with Crippen LogP contribution in [0.2, 0.25) is 0 Å². The second-order valence-corrected chi connectivity index (χ2v) is 11.8. The highest BCUT2D eigenvalue weighted by Crippen LogP contribution is 2.27. The van der Waals surface area contributed by atoms with Crippen LogP contribution in [0.3, 0.4) is 0 Å². The van der Waals surface area contributed by atoms with Crippen molar-refractivity contribution in [3.05, 3.63) is 47.3 Å². The second kappa shape index (κ2) is 18.8. The zero-order chi connectivity index (χ0) is 35.1. The van der Waals surface area contributed by atoms with Crippen molar-refractivity contribution in [1.29, 1.82) is 0 Å². The van der Waals surface area contributed by atoms with Gasteiger partial charge in [-0.25, -0.2) is 0 Å². The quantitative estimate of drug-likeness (QED) is 0.0514. The van der Waals surface area contributed by atoms with Crippen LogP contribution in [0.5, 0.6) is 0 Å². The maximum atomic E-state index is 13.7. The maximum Gasteiger partial charge on any atom is 0.289 e. The number of hydrogen-bond acceptors (Lipinski definition) is 8. The highest BCUT2D eigenvalue weighted by Gasteiger charge is 2.31. The van der Waals surface area contributed by atoms with Crippen LogP contribution in [0.4, 0.5) is 5.95 Å². The predicted octanol–water partition coefficient (Wildman–Crippen LogP) is 0.834. The maximum absolute atomic E-state index is 13.7. The number of primary amides is 1. The standard InChI is InChI=1S/C32H47N11O5/c1-3-22(25(33)44)37-28(46)23(15-10-16-36-31(34)35)38-29(47)24(18-21-13-8-5-9-14-21)39-30(48)26-40-32(43-42-26)41-27(45)19(2)17-20-11-6-4-7-12-20/h4,6-7,11-12,17,21-24H,3,5,8-10,13-16,18H2,1-2H3,(H2,33,44)(H,37,46)(H,38,47)(H,39,48)(H4,34,35,36)(H2,40,41,42,43,45)/b19-17+/t22-,23-,24-/m0/s1. The Bertz CT molecular complexity index is 1460. The number of carbonyl (C=O) groups is 5. The van der Waals surface area contributed by atoms with E-state index >= 15 is 0 Å². The molecule has 2 aromatic rings. The van der Waals surface area contributed by atoms with Crippen molar-refractivity contribution >= 4 is 47.5 Å². The highest BCUT2D eigenvalue weighted by molar-refractivity contribution is 6.05. The number of amides is 5. The Kier molecular flexibility index (Phi) is 14.5. The molecule has 0 bridgehead atoms. The van der Waals surface area contributed by atoms with Crippen LogP contribution in [0, 0.1) is 5.92 Å². The van der Waals surface area contributed by atoms with Gasteiger partial charge in [-0.1, -0.05) is 69.4 Å². The van der Waals surface area contributed by atoms with E-state index in [4.69, 9.17) is 17.2 Å². The van der Waals surface area contributed by atoms with Crippen molar-refractivity contribution in [2.24, 2.45) is 28.1 Å². The predicted molar refractivity (Wildman–Crippen MR) is 181 cm³/mol. The van der Waals surface area contributed by atoms with Gasteiger partial charge in [0, 0.05) is 12.1 Å². The summed E-state index contributed by atoms with van der Waals surface area (Å²) in [5.74, 6) is -3.33. The summed E-state index contributed by atoms with van der Waals surface area (Å²) in [6.07, 6.45) is 7.71. The summed E-state index contributed by atoms with van der Waals surface area (Å²) in [5, 5.41) is 17.1. The van der Waals surface area contributed by atoms with Gasteiger partial charge in [0.15, 0.2) is 5.96 Å². The van der Waals surface area contributed by atoms with Gasteiger partial charge in [0.1, 0.15) is 18.1 Å². The van der Waals surface area contributed by atoms with Crippen LogP contribution in [0.25, 0.3) is 6.08 Å². The third-order valence-corrected chi connectivity index (χ3v) is 8.03. The smallest absolute Gasteiger partial charge is 0.289 e. The van der Waals surface area contributed by atoms with Crippen molar-refractivity contribution in [3.63, 3.8) is 0 Å². The number of rotatable bonds is 17. The van der Waals surface area contributed by atoms with Gasteiger partial charge in [-0.05, 0) is 50.2 Å². The molecule has 11 N–H and O–H groups in total. The lowest BCUT2D eigenvalue weighted by Crippen LogP contribution is -2.56. The lowest BCUT2D eigenvalue weighted by molar-refractivity contribution is -0.132. The monoisotopic (exact) mass is 665 g/mol. The Balaban J connectivity index is 1.74. The lowest BCUT2D eigenvalue weighted by Gasteiger charge is -2.28. The summed E-state index contributed by atoms with van der Waals surface area (Å²) in [7, 11) is 0. The number of hydrogen-bond donors (Lipinski definition) is 8. The first-order valence-corrected chi connectivity index (χ1v) is 16.2. The number of aromatic amines is 1. The molecule has 16 heteroatoms. The van der Waals surface area contributed by atoms with Crippen molar-refractivity contribution in [2.75, 3.05) is 11.9 Å². The van der Waals surface area contributed by atoms with Gasteiger partial charge >= 0.3 is 0 Å². The van der Waals surface area contributed by atoms with Crippen LogP contribution >= 0.6 is 0 Å².